The Morgan fingerprint density at radius 1 is 1.09 bits per heavy atom. The highest BCUT2D eigenvalue weighted by Gasteiger charge is 2.40. The maximum Gasteiger partial charge on any atom is 0.335 e. The van der Waals surface area contributed by atoms with Crippen LogP contribution in [0, 0.1) is 0 Å². The summed E-state index contributed by atoms with van der Waals surface area (Å²) in [6, 6.07) is 14.2. The summed E-state index contributed by atoms with van der Waals surface area (Å²) in [7, 11) is 0. The van der Waals surface area contributed by atoms with E-state index in [2.05, 4.69) is 5.32 Å². The molecule has 23 heavy (non-hydrogen) atoms. The second kappa shape index (κ2) is 4.98. The van der Waals surface area contributed by atoms with Gasteiger partial charge in [0.25, 0.3) is 5.91 Å². The van der Waals surface area contributed by atoms with Crippen molar-refractivity contribution in [2.45, 2.75) is 12.1 Å². The SMILES string of the molecule is O=C(O)c1ccc(N2C(=O)C=CC3Nc4ccccc4C32)cc1. The molecule has 2 N–H and O–H groups in total. The molecular weight excluding hydrogens is 292 g/mol. The number of anilines is 2. The second-order valence-corrected chi connectivity index (χ2v) is 5.62. The van der Waals surface area contributed by atoms with Crippen molar-refractivity contribution >= 4 is 23.3 Å². The van der Waals surface area contributed by atoms with Gasteiger partial charge in [0, 0.05) is 23.0 Å². The maximum absolute atomic E-state index is 12.5. The molecule has 0 fully saturated rings. The lowest BCUT2D eigenvalue weighted by Crippen LogP contribution is -2.42. The van der Waals surface area contributed by atoms with E-state index in [1.165, 1.54) is 12.1 Å². The number of hydrogen-bond acceptors (Lipinski definition) is 3. The Kier molecular flexibility index (Phi) is 2.94. The number of carbonyl (C=O) groups is 2. The van der Waals surface area contributed by atoms with Gasteiger partial charge >= 0.3 is 5.97 Å². The van der Waals surface area contributed by atoms with Crippen molar-refractivity contribution in [3.63, 3.8) is 0 Å². The van der Waals surface area contributed by atoms with Crippen LogP contribution in [0.4, 0.5) is 11.4 Å². The monoisotopic (exact) mass is 306 g/mol. The van der Waals surface area contributed by atoms with E-state index in [0.717, 1.165) is 11.3 Å². The third-order valence-corrected chi connectivity index (χ3v) is 4.30. The summed E-state index contributed by atoms with van der Waals surface area (Å²) in [5.41, 5.74) is 2.99. The van der Waals surface area contributed by atoms with E-state index in [-0.39, 0.29) is 23.6 Å². The molecule has 0 bridgehead atoms. The lowest BCUT2D eigenvalue weighted by Gasteiger charge is -2.34. The van der Waals surface area contributed by atoms with Gasteiger partial charge in [-0.05, 0) is 30.3 Å². The summed E-state index contributed by atoms with van der Waals surface area (Å²) in [6.45, 7) is 0. The molecule has 2 atom stereocenters. The molecule has 0 aliphatic carbocycles. The van der Waals surface area contributed by atoms with Crippen LogP contribution in [0.25, 0.3) is 0 Å². The smallest absolute Gasteiger partial charge is 0.335 e. The van der Waals surface area contributed by atoms with Crippen molar-refractivity contribution in [3.05, 3.63) is 71.8 Å². The number of amides is 1. The minimum Gasteiger partial charge on any atom is -0.478 e. The summed E-state index contributed by atoms with van der Waals surface area (Å²) in [5.74, 6) is -1.08. The molecule has 2 aliphatic heterocycles. The molecule has 2 aromatic rings. The minimum atomic E-state index is -0.979. The number of benzene rings is 2. The molecule has 2 aliphatic rings. The number of hydrogen-bond donors (Lipinski definition) is 2. The van der Waals surface area contributed by atoms with Crippen LogP contribution in [-0.2, 0) is 4.79 Å². The molecule has 2 aromatic carbocycles. The number of para-hydroxylation sites is 1. The number of carboxylic acids is 1. The van der Waals surface area contributed by atoms with Crippen LogP contribution in [0.5, 0.6) is 0 Å². The van der Waals surface area contributed by atoms with E-state index in [1.54, 1.807) is 23.1 Å². The highest BCUT2D eigenvalue weighted by Crippen LogP contribution is 2.42. The molecule has 2 heterocycles. The van der Waals surface area contributed by atoms with Gasteiger partial charge in [0.05, 0.1) is 17.6 Å². The van der Waals surface area contributed by atoms with Gasteiger partial charge in [-0.3, -0.25) is 9.69 Å². The molecule has 4 rings (SSSR count). The van der Waals surface area contributed by atoms with Crippen molar-refractivity contribution in [1.29, 1.82) is 0 Å². The Morgan fingerprint density at radius 2 is 1.83 bits per heavy atom. The molecule has 0 saturated carbocycles. The Hall–Kier alpha value is -3.08. The predicted octanol–water partition coefficient (Wildman–Crippen LogP) is 2.82. The average molecular weight is 306 g/mol. The second-order valence-electron chi connectivity index (χ2n) is 5.62. The largest absolute Gasteiger partial charge is 0.478 e. The third kappa shape index (κ3) is 2.09. The topological polar surface area (TPSA) is 69.6 Å². The normalized spacial score (nSPS) is 21.6. The fourth-order valence-electron chi connectivity index (χ4n) is 3.25. The maximum atomic E-state index is 12.5. The van der Waals surface area contributed by atoms with E-state index in [1.807, 2.05) is 30.3 Å². The molecule has 2 unspecified atom stereocenters. The number of carbonyl (C=O) groups excluding carboxylic acids is 1. The number of rotatable bonds is 2. The first-order chi connectivity index (χ1) is 11.1. The van der Waals surface area contributed by atoms with Crippen LogP contribution >= 0.6 is 0 Å². The number of nitrogens with zero attached hydrogens (tertiary/aromatic N) is 1. The molecule has 5 nitrogen and oxygen atoms in total. The van der Waals surface area contributed by atoms with Crippen LogP contribution < -0.4 is 10.2 Å². The quantitative estimate of drug-likeness (QED) is 0.895. The van der Waals surface area contributed by atoms with Crippen molar-refractivity contribution in [2.75, 3.05) is 10.2 Å². The van der Waals surface area contributed by atoms with E-state index >= 15 is 0 Å². The zero-order chi connectivity index (χ0) is 16.0. The third-order valence-electron chi connectivity index (χ3n) is 4.30. The zero-order valence-electron chi connectivity index (χ0n) is 12.1. The first-order valence-corrected chi connectivity index (χ1v) is 7.35. The molecular formula is C18H14N2O3. The van der Waals surface area contributed by atoms with Gasteiger partial charge in [0.15, 0.2) is 0 Å². The number of nitrogens with one attached hydrogen (secondary N) is 1. The summed E-state index contributed by atoms with van der Waals surface area (Å²) in [4.78, 5) is 25.2. The lowest BCUT2D eigenvalue weighted by molar-refractivity contribution is -0.115. The van der Waals surface area contributed by atoms with Crippen molar-refractivity contribution in [3.8, 4) is 0 Å². The van der Waals surface area contributed by atoms with Crippen molar-refractivity contribution in [1.82, 2.24) is 0 Å². The van der Waals surface area contributed by atoms with Gasteiger partial charge in [-0.1, -0.05) is 24.3 Å². The molecule has 0 aromatic heterocycles. The predicted molar refractivity (Wildman–Crippen MR) is 86.6 cm³/mol. The van der Waals surface area contributed by atoms with Crippen LogP contribution in [0.2, 0.25) is 0 Å². The first-order valence-electron chi connectivity index (χ1n) is 7.35. The molecule has 1 amide bonds. The summed E-state index contributed by atoms with van der Waals surface area (Å²) in [6.07, 6.45) is 3.44. The lowest BCUT2D eigenvalue weighted by atomic mass is 9.97. The van der Waals surface area contributed by atoms with Gasteiger partial charge in [-0.25, -0.2) is 4.79 Å². The van der Waals surface area contributed by atoms with Crippen molar-refractivity contribution in [2.24, 2.45) is 0 Å². The van der Waals surface area contributed by atoms with Gasteiger partial charge in [0.1, 0.15) is 0 Å². The number of carboxylic acid groups (broad SMARTS) is 1. The Bertz CT molecular complexity index is 826. The highest BCUT2D eigenvalue weighted by atomic mass is 16.4. The fraction of sp³-hybridized carbons (Fsp3) is 0.111. The standard InChI is InChI=1S/C18H14N2O3/c21-16-10-9-15-17(13-3-1-2-4-14(13)19-15)20(16)12-7-5-11(6-8-12)18(22)23/h1-10,15,17,19H,(H,22,23). The summed E-state index contributed by atoms with van der Waals surface area (Å²) >= 11 is 0. The van der Waals surface area contributed by atoms with E-state index in [0.29, 0.717) is 5.69 Å². The Morgan fingerprint density at radius 3 is 2.57 bits per heavy atom. The average Bonchev–Trinajstić information content (AvgIpc) is 2.94. The van der Waals surface area contributed by atoms with Gasteiger partial charge < -0.3 is 10.4 Å². The fourth-order valence-corrected chi connectivity index (χ4v) is 3.25. The van der Waals surface area contributed by atoms with Crippen LogP contribution in [0.3, 0.4) is 0 Å². The van der Waals surface area contributed by atoms with Crippen LogP contribution in [0.1, 0.15) is 22.0 Å². The highest BCUT2D eigenvalue weighted by molar-refractivity contribution is 6.04. The molecule has 0 saturated heterocycles. The van der Waals surface area contributed by atoms with E-state index in [9.17, 15) is 9.59 Å². The Balaban J connectivity index is 1.79. The van der Waals surface area contributed by atoms with E-state index in [4.69, 9.17) is 5.11 Å². The number of fused-ring (bicyclic) bond motifs is 3. The molecule has 114 valence electrons. The van der Waals surface area contributed by atoms with Gasteiger partial charge in [0.2, 0.25) is 0 Å². The Labute approximate surface area is 132 Å². The summed E-state index contributed by atoms with van der Waals surface area (Å²) in [5, 5.41) is 12.4. The number of aromatic carboxylic acids is 1. The van der Waals surface area contributed by atoms with Gasteiger partial charge in [-0.15, -0.1) is 0 Å². The van der Waals surface area contributed by atoms with E-state index < -0.39 is 5.97 Å². The van der Waals surface area contributed by atoms with Crippen LogP contribution in [-0.4, -0.2) is 23.0 Å². The molecule has 0 spiro atoms. The zero-order valence-corrected chi connectivity index (χ0v) is 12.1. The molecule has 5 heteroatoms. The van der Waals surface area contributed by atoms with Gasteiger partial charge in [-0.2, -0.15) is 0 Å². The molecule has 0 radical (unpaired) electrons. The van der Waals surface area contributed by atoms with Crippen LogP contribution in [0.15, 0.2) is 60.7 Å². The minimum absolute atomic E-state index is 0.0178. The van der Waals surface area contributed by atoms with Crippen molar-refractivity contribution < 1.29 is 14.7 Å². The first kappa shape index (κ1) is 13.6. The summed E-state index contributed by atoms with van der Waals surface area (Å²) < 4.78 is 0.